The molecule has 0 bridgehead atoms. The van der Waals surface area contributed by atoms with Crippen molar-refractivity contribution in [3.05, 3.63) is 58.9 Å². The molecule has 1 aromatic heterocycles. The minimum absolute atomic E-state index is 0.0642. The van der Waals surface area contributed by atoms with Gasteiger partial charge in [0.2, 0.25) is 0 Å². The van der Waals surface area contributed by atoms with E-state index in [4.69, 9.17) is 0 Å². The van der Waals surface area contributed by atoms with E-state index < -0.39 is 11.8 Å². The fraction of sp³-hybridized carbons (Fsp3) is 0.267. The molecule has 0 amide bonds. The molecule has 2 rings (SSSR count). The van der Waals surface area contributed by atoms with Gasteiger partial charge in [0.05, 0.1) is 24.1 Å². The van der Waals surface area contributed by atoms with Crippen LogP contribution in [0.4, 0.5) is 4.39 Å². The summed E-state index contributed by atoms with van der Waals surface area (Å²) >= 11 is 0. The van der Waals surface area contributed by atoms with E-state index in [0.29, 0.717) is 13.1 Å². The van der Waals surface area contributed by atoms with Crippen molar-refractivity contribution in [2.45, 2.75) is 20.0 Å². The molecule has 2 aromatic rings. The van der Waals surface area contributed by atoms with E-state index in [0.717, 1.165) is 17.0 Å². The lowest BCUT2D eigenvalue weighted by atomic mass is 10.1. The number of benzene rings is 1. The molecule has 0 radical (unpaired) electrons. The predicted molar refractivity (Wildman–Crippen MR) is 75.1 cm³/mol. The van der Waals surface area contributed by atoms with E-state index in [9.17, 15) is 9.18 Å². The summed E-state index contributed by atoms with van der Waals surface area (Å²) in [6, 6.07) is 4.42. The minimum Gasteiger partial charge on any atom is -0.465 e. The van der Waals surface area contributed by atoms with Crippen LogP contribution >= 0.6 is 0 Å². The number of nitrogens with zero attached hydrogens (tertiary/aromatic N) is 2. The predicted octanol–water partition coefficient (Wildman–Crippen LogP) is 2.00. The molecule has 0 saturated heterocycles. The zero-order chi connectivity index (χ0) is 15.2. The van der Waals surface area contributed by atoms with Crippen molar-refractivity contribution in [1.82, 2.24) is 15.3 Å². The Morgan fingerprint density at radius 2 is 2.10 bits per heavy atom. The number of carbonyl (C=O) groups excluding carboxylic acids is 1. The number of hydrogen-bond acceptors (Lipinski definition) is 5. The maximum absolute atomic E-state index is 13.7. The van der Waals surface area contributed by atoms with Gasteiger partial charge in [0, 0.05) is 25.5 Å². The summed E-state index contributed by atoms with van der Waals surface area (Å²) < 4.78 is 18.2. The molecule has 0 aliphatic heterocycles. The van der Waals surface area contributed by atoms with Crippen LogP contribution in [0, 0.1) is 12.7 Å². The third kappa shape index (κ3) is 4.06. The second-order valence-corrected chi connectivity index (χ2v) is 4.56. The minimum atomic E-state index is -0.679. The highest BCUT2D eigenvalue weighted by Crippen LogP contribution is 2.11. The first-order valence-corrected chi connectivity index (χ1v) is 6.45. The fourth-order valence-electron chi connectivity index (χ4n) is 1.79. The third-order valence-electron chi connectivity index (χ3n) is 2.91. The Kier molecular flexibility index (Phi) is 4.94. The highest BCUT2D eigenvalue weighted by Gasteiger charge is 2.12. The van der Waals surface area contributed by atoms with Gasteiger partial charge in [-0.05, 0) is 24.6 Å². The number of aryl methyl sites for hydroxylation is 1. The van der Waals surface area contributed by atoms with Gasteiger partial charge < -0.3 is 10.1 Å². The molecule has 0 saturated carbocycles. The Hall–Kier alpha value is -2.34. The number of nitrogens with one attached hydrogen (secondary N) is 1. The van der Waals surface area contributed by atoms with Gasteiger partial charge in [-0.1, -0.05) is 6.07 Å². The van der Waals surface area contributed by atoms with Crippen molar-refractivity contribution in [2.75, 3.05) is 7.11 Å². The average Bonchev–Trinajstić information content (AvgIpc) is 2.49. The summed E-state index contributed by atoms with van der Waals surface area (Å²) in [6.45, 7) is 2.87. The largest absolute Gasteiger partial charge is 0.465 e. The van der Waals surface area contributed by atoms with Gasteiger partial charge in [0.15, 0.2) is 0 Å². The maximum Gasteiger partial charge on any atom is 0.340 e. The van der Waals surface area contributed by atoms with Gasteiger partial charge in [-0.3, -0.25) is 9.97 Å². The van der Waals surface area contributed by atoms with Gasteiger partial charge in [-0.15, -0.1) is 0 Å². The number of hydrogen-bond donors (Lipinski definition) is 1. The quantitative estimate of drug-likeness (QED) is 0.853. The molecule has 0 atom stereocenters. The molecule has 110 valence electrons. The Morgan fingerprint density at radius 3 is 2.71 bits per heavy atom. The summed E-state index contributed by atoms with van der Waals surface area (Å²) in [4.78, 5) is 19.6. The van der Waals surface area contributed by atoms with Gasteiger partial charge in [0.25, 0.3) is 0 Å². The van der Waals surface area contributed by atoms with Crippen LogP contribution in [0.15, 0.2) is 30.6 Å². The van der Waals surface area contributed by atoms with Crippen molar-refractivity contribution < 1.29 is 13.9 Å². The standard InChI is InChI=1S/C15H16FN3O2/c1-10-6-19-12(9-18-10)8-17-7-11-3-4-13(14(16)5-11)15(20)21-2/h3-6,9,17H,7-8H2,1-2H3. The smallest absolute Gasteiger partial charge is 0.340 e. The van der Waals surface area contributed by atoms with E-state index in [1.54, 1.807) is 18.5 Å². The summed E-state index contributed by atoms with van der Waals surface area (Å²) in [5.74, 6) is -1.27. The topological polar surface area (TPSA) is 64.1 Å². The fourth-order valence-corrected chi connectivity index (χ4v) is 1.79. The molecule has 1 N–H and O–H groups in total. The van der Waals surface area contributed by atoms with Crippen LogP contribution in [-0.2, 0) is 17.8 Å². The molecule has 6 heteroatoms. The van der Waals surface area contributed by atoms with Gasteiger partial charge in [-0.2, -0.15) is 0 Å². The van der Waals surface area contributed by atoms with Crippen molar-refractivity contribution in [2.24, 2.45) is 0 Å². The highest BCUT2D eigenvalue weighted by atomic mass is 19.1. The number of aromatic nitrogens is 2. The van der Waals surface area contributed by atoms with Crippen LogP contribution in [0.25, 0.3) is 0 Å². The normalized spacial score (nSPS) is 10.4. The molecule has 5 nitrogen and oxygen atoms in total. The molecule has 1 heterocycles. The van der Waals surface area contributed by atoms with E-state index in [1.165, 1.54) is 19.2 Å². The second-order valence-electron chi connectivity index (χ2n) is 4.56. The van der Waals surface area contributed by atoms with Gasteiger partial charge in [-0.25, -0.2) is 9.18 Å². The molecule has 0 aliphatic carbocycles. The molecule has 0 aliphatic rings. The summed E-state index contributed by atoms with van der Waals surface area (Å²) in [6.07, 6.45) is 3.39. The number of carbonyl (C=O) groups is 1. The maximum atomic E-state index is 13.7. The van der Waals surface area contributed by atoms with Crippen LogP contribution in [0.3, 0.4) is 0 Å². The Bertz CT molecular complexity index is 629. The van der Waals surface area contributed by atoms with Crippen molar-refractivity contribution in [3.63, 3.8) is 0 Å². The zero-order valence-corrected chi connectivity index (χ0v) is 11.9. The Balaban J connectivity index is 1.93. The highest BCUT2D eigenvalue weighted by molar-refractivity contribution is 5.89. The number of rotatable bonds is 5. The average molecular weight is 289 g/mol. The van der Waals surface area contributed by atoms with Crippen LogP contribution < -0.4 is 5.32 Å². The number of halogens is 1. The van der Waals surface area contributed by atoms with Crippen molar-refractivity contribution in [1.29, 1.82) is 0 Å². The first-order valence-electron chi connectivity index (χ1n) is 6.45. The Morgan fingerprint density at radius 1 is 1.29 bits per heavy atom. The number of methoxy groups -OCH3 is 1. The first-order chi connectivity index (χ1) is 10.1. The molecule has 0 fully saturated rings. The second kappa shape index (κ2) is 6.90. The lowest BCUT2D eigenvalue weighted by molar-refractivity contribution is 0.0595. The SMILES string of the molecule is COC(=O)c1ccc(CNCc2cnc(C)cn2)cc1F. The first kappa shape index (κ1) is 15.1. The van der Waals surface area contributed by atoms with Crippen molar-refractivity contribution >= 4 is 5.97 Å². The number of esters is 1. The Labute approximate surface area is 122 Å². The van der Waals surface area contributed by atoms with Crippen molar-refractivity contribution in [3.8, 4) is 0 Å². The van der Waals surface area contributed by atoms with Crippen LogP contribution in [0.2, 0.25) is 0 Å². The molecular weight excluding hydrogens is 273 g/mol. The monoisotopic (exact) mass is 289 g/mol. The van der Waals surface area contributed by atoms with E-state index in [1.807, 2.05) is 6.92 Å². The molecule has 1 aromatic carbocycles. The molecule has 0 unspecified atom stereocenters. The van der Waals surface area contributed by atoms with Crippen LogP contribution in [-0.4, -0.2) is 23.0 Å². The van der Waals surface area contributed by atoms with Gasteiger partial charge in [0.1, 0.15) is 5.82 Å². The van der Waals surface area contributed by atoms with Crippen LogP contribution in [0.1, 0.15) is 27.3 Å². The van der Waals surface area contributed by atoms with E-state index in [-0.39, 0.29) is 5.56 Å². The molecule has 21 heavy (non-hydrogen) atoms. The van der Waals surface area contributed by atoms with E-state index in [2.05, 4.69) is 20.0 Å². The summed E-state index contributed by atoms with van der Waals surface area (Å²) in [5.41, 5.74) is 2.34. The lowest BCUT2D eigenvalue weighted by Gasteiger charge is -2.06. The molecule has 0 spiro atoms. The van der Waals surface area contributed by atoms with Gasteiger partial charge >= 0.3 is 5.97 Å². The van der Waals surface area contributed by atoms with E-state index >= 15 is 0 Å². The number of ether oxygens (including phenoxy) is 1. The zero-order valence-electron chi connectivity index (χ0n) is 11.9. The molecular formula is C15H16FN3O2. The van der Waals surface area contributed by atoms with Crippen LogP contribution in [0.5, 0.6) is 0 Å². The summed E-state index contributed by atoms with van der Waals surface area (Å²) in [5, 5.41) is 3.14. The third-order valence-corrected chi connectivity index (χ3v) is 2.91. The lowest BCUT2D eigenvalue weighted by Crippen LogP contribution is -2.14. The summed E-state index contributed by atoms with van der Waals surface area (Å²) in [7, 11) is 1.22.